The molecular weight excluding hydrogens is 477 g/mol. The minimum Gasteiger partial charge on any atom is -0.199 e. The maximum atomic E-state index is 13.5. The van der Waals surface area contributed by atoms with Gasteiger partial charge < -0.3 is 0 Å². The van der Waals surface area contributed by atoms with Crippen LogP contribution in [0.5, 0.6) is 0 Å². The average Bonchev–Trinajstić information content (AvgIpc) is 2.79. The van der Waals surface area contributed by atoms with E-state index in [0.29, 0.717) is 0 Å². The highest BCUT2D eigenvalue weighted by Crippen LogP contribution is 2.48. The van der Waals surface area contributed by atoms with Gasteiger partial charge in [0.15, 0.2) is 0 Å². The summed E-state index contributed by atoms with van der Waals surface area (Å²) in [6, 6.07) is 35.8. The molecule has 150 valence electrons. The summed E-state index contributed by atoms with van der Waals surface area (Å²) in [5.74, 6) is 0. The van der Waals surface area contributed by atoms with Gasteiger partial charge in [-0.15, -0.1) is 0 Å². The quantitative estimate of drug-likeness (QED) is 0.352. The van der Waals surface area contributed by atoms with Gasteiger partial charge in [-0.3, -0.25) is 0 Å². The van der Waals surface area contributed by atoms with Crippen LogP contribution in [-0.2, 0) is 10.0 Å². The average molecular weight is 496 g/mol. The zero-order valence-corrected chi connectivity index (χ0v) is 19.3. The first-order valence-corrected chi connectivity index (χ1v) is 13.3. The molecule has 0 saturated carbocycles. The van der Waals surface area contributed by atoms with Crippen LogP contribution in [-0.4, -0.2) is 8.42 Å². The van der Waals surface area contributed by atoms with Gasteiger partial charge in [-0.25, -0.2) is 0 Å². The highest BCUT2D eigenvalue weighted by Gasteiger charge is 2.30. The van der Waals surface area contributed by atoms with Crippen LogP contribution in [0.1, 0.15) is 0 Å². The van der Waals surface area contributed by atoms with Crippen molar-refractivity contribution in [1.29, 1.82) is 0 Å². The van der Waals surface area contributed by atoms with Gasteiger partial charge in [0, 0.05) is 20.4 Å². The molecule has 0 radical (unpaired) electrons. The number of hydrogen-bond donors (Lipinski definition) is 0. The molecule has 0 heterocycles. The standard InChI is InChI=1S/C24H19BrNO2PS/c25-20-16-18-24(19-17-20)30(27,28)26-29(21-10-4-1-5-11-21,22-12-6-2-7-13-22)23-14-8-3-9-15-23/h1-19H. The second-order valence-electron chi connectivity index (χ2n) is 6.65. The molecule has 0 bridgehead atoms. The zero-order valence-electron chi connectivity index (χ0n) is 16.0. The van der Waals surface area contributed by atoms with E-state index in [1.807, 2.05) is 91.0 Å². The van der Waals surface area contributed by atoms with Crippen molar-refractivity contribution in [2.45, 2.75) is 4.90 Å². The van der Waals surface area contributed by atoms with Gasteiger partial charge in [0.25, 0.3) is 10.0 Å². The second kappa shape index (κ2) is 8.73. The molecule has 0 unspecified atom stereocenters. The molecule has 0 atom stereocenters. The van der Waals surface area contributed by atoms with Crippen molar-refractivity contribution in [2.24, 2.45) is 4.15 Å². The van der Waals surface area contributed by atoms with E-state index in [2.05, 4.69) is 15.9 Å². The van der Waals surface area contributed by atoms with Crippen LogP contribution < -0.4 is 15.9 Å². The van der Waals surface area contributed by atoms with Gasteiger partial charge in [0.1, 0.15) is 0 Å². The Morgan fingerprint density at radius 3 is 1.30 bits per heavy atom. The topological polar surface area (TPSA) is 46.5 Å². The molecule has 0 aliphatic rings. The van der Waals surface area contributed by atoms with Crippen LogP contribution in [0.3, 0.4) is 0 Å². The summed E-state index contributed by atoms with van der Waals surface area (Å²) in [6.45, 7) is 0. The van der Waals surface area contributed by atoms with E-state index in [1.54, 1.807) is 24.3 Å². The third-order valence-electron chi connectivity index (χ3n) is 4.73. The lowest BCUT2D eigenvalue weighted by Crippen LogP contribution is -2.26. The highest BCUT2D eigenvalue weighted by molar-refractivity contribution is 9.10. The maximum absolute atomic E-state index is 13.5. The Balaban J connectivity index is 2.13. The Kier molecular flexibility index (Phi) is 6.05. The van der Waals surface area contributed by atoms with Gasteiger partial charge in [0.05, 0.1) is 11.9 Å². The van der Waals surface area contributed by atoms with E-state index in [9.17, 15) is 8.42 Å². The summed E-state index contributed by atoms with van der Waals surface area (Å²) in [5, 5.41) is 2.68. The Bertz CT molecular complexity index is 1190. The molecule has 0 fully saturated rings. The van der Waals surface area contributed by atoms with E-state index in [4.69, 9.17) is 4.15 Å². The van der Waals surface area contributed by atoms with Crippen molar-refractivity contribution in [3.63, 3.8) is 0 Å². The summed E-state index contributed by atoms with van der Waals surface area (Å²) in [4.78, 5) is 0.179. The number of hydrogen-bond acceptors (Lipinski definition) is 2. The predicted octanol–water partition coefficient (Wildman–Crippen LogP) is 5.32. The fourth-order valence-electron chi connectivity index (χ4n) is 3.33. The first-order valence-electron chi connectivity index (χ1n) is 9.33. The third-order valence-corrected chi connectivity index (χ3v) is 11.1. The van der Waals surface area contributed by atoms with Crippen LogP contribution in [0.2, 0.25) is 0 Å². The van der Waals surface area contributed by atoms with Crippen LogP contribution in [0.15, 0.2) is 129 Å². The van der Waals surface area contributed by atoms with Crippen molar-refractivity contribution >= 4 is 48.9 Å². The number of nitrogens with zero attached hydrogens (tertiary/aromatic N) is 1. The Morgan fingerprint density at radius 1 is 0.567 bits per heavy atom. The molecule has 4 aromatic rings. The summed E-state index contributed by atoms with van der Waals surface area (Å²) in [7, 11) is -6.75. The van der Waals surface area contributed by atoms with Crippen LogP contribution in [0, 0.1) is 0 Å². The number of rotatable bonds is 5. The summed E-state index contributed by atoms with van der Waals surface area (Å²) >= 11 is 3.37. The molecule has 4 aromatic carbocycles. The molecule has 0 saturated heterocycles. The molecule has 3 nitrogen and oxygen atoms in total. The van der Waals surface area contributed by atoms with Crippen molar-refractivity contribution in [1.82, 2.24) is 0 Å². The lowest BCUT2D eigenvalue weighted by molar-refractivity contribution is 0.598. The van der Waals surface area contributed by atoms with Crippen molar-refractivity contribution in [2.75, 3.05) is 0 Å². The molecule has 0 spiro atoms. The zero-order chi connectivity index (χ0) is 21.0. The Morgan fingerprint density at radius 2 is 0.933 bits per heavy atom. The lowest BCUT2D eigenvalue weighted by atomic mass is 10.4. The summed E-state index contributed by atoms with van der Waals surface area (Å²) < 4.78 is 32.6. The fraction of sp³-hybridized carbons (Fsp3) is 0. The number of benzene rings is 4. The van der Waals surface area contributed by atoms with Gasteiger partial charge in [-0.2, -0.15) is 12.6 Å². The minimum absolute atomic E-state index is 0.179. The molecule has 6 heteroatoms. The van der Waals surface area contributed by atoms with Gasteiger partial charge in [0.2, 0.25) is 0 Å². The highest BCUT2D eigenvalue weighted by atomic mass is 79.9. The van der Waals surface area contributed by atoms with Crippen LogP contribution in [0.4, 0.5) is 0 Å². The van der Waals surface area contributed by atoms with Crippen molar-refractivity contribution in [3.05, 3.63) is 120 Å². The molecule has 0 aromatic heterocycles. The van der Waals surface area contributed by atoms with E-state index in [-0.39, 0.29) is 4.90 Å². The van der Waals surface area contributed by atoms with Crippen molar-refractivity contribution < 1.29 is 8.42 Å². The molecule has 0 N–H and O–H groups in total. The van der Waals surface area contributed by atoms with Crippen LogP contribution >= 0.6 is 23.0 Å². The summed E-state index contributed by atoms with van der Waals surface area (Å²) in [6.07, 6.45) is 0. The number of sulfonamides is 1. The van der Waals surface area contributed by atoms with Gasteiger partial charge in [-0.1, -0.05) is 107 Å². The Labute approximate surface area is 185 Å². The third kappa shape index (κ3) is 4.06. The largest absolute Gasteiger partial charge is 0.281 e. The van der Waals surface area contributed by atoms with E-state index in [0.717, 1.165) is 20.4 Å². The second-order valence-corrected chi connectivity index (χ2v) is 12.5. The SMILES string of the molecule is O=S(=O)(N=P(c1ccccc1)(c1ccccc1)c1ccccc1)c1ccc(Br)cc1. The van der Waals surface area contributed by atoms with Gasteiger partial charge in [-0.05, 0) is 24.3 Å². The minimum atomic E-state index is -3.93. The van der Waals surface area contributed by atoms with E-state index >= 15 is 0 Å². The molecular formula is C24H19BrNO2PS. The molecule has 0 aliphatic carbocycles. The smallest absolute Gasteiger partial charge is 0.199 e. The van der Waals surface area contributed by atoms with Crippen molar-refractivity contribution in [3.8, 4) is 0 Å². The normalized spacial score (nSPS) is 11.8. The van der Waals surface area contributed by atoms with Crippen LogP contribution in [0.25, 0.3) is 0 Å². The lowest BCUT2D eigenvalue weighted by Gasteiger charge is -2.26. The maximum Gasteiger partial charge on any atom is 0.281 e. The molecule has 0 aliphatic heterocycles. The first-order chi connectivity index (χ1) is 14.5. The first kappa shape index (κ1) is 20.8. The molecule has 30 heavy (non-hydrogen) atoms. The predicted molar refractivity (Wildman–Crippen MR) is 129 cm³/mol. The molecule has 0 amide bonds. The van der Waals surface area contributed by atoms with E-state index < -0.39 is 17.1 Å². The fourth-order valence-corrected chi connectivity index (χ4v) is 9.58. The number of halogens is 1. The Hall–Kier alpha value is -2.46. The van der Waals surface area contributed by atoms with Gasteiger partial charge >= 0.3 is 0 Å². The summed E-state index contributed by atoms with van der Waals surface area (Å²) in [5.41, 5.74) is 0. The molecule has 4 rings (SSSR count). The van der Waals surface area contributed by atoms with E-state index in [1.165, 1.54) is 0 Å². The monoisotopic (exact) mass is 495 g/mol.